The van der Waals surface area contributed by atoms with Gasteiger partial charge < -0.3 is 0 Å². The minimum atomic E-state index is 1.16. The molecule has 0 aromatic rings. The second-order valence-corrected chi connectivity index (χ2v) is 1.64. The van der Waals surface area contributed by atoms with Crippen molar-refractivity contribution in [2.45, 2.75) is 34.1 Å². The van der Waals surface area contributed by atoms with Gasteiger partial charge in [0.25, 0.3) is 0 Å². The first-order valence-electron chi connectivity index (χ1n) is 3.51. The summed E-state index contributed by atoms with van der Waals surface area (Å²) in [6.45, 7) is 8.16. The standard InChI is InChI=1S/C5H10.C4H8/c1-3-5-4-2;1-3-4-2/h3,5H,4H2,1-2H3;3-4H,1-2H3/b5-3-;4-3+. The van der Waals surface area contributed by atoms with E-state index in [1.165, 1.54) is 0 Å². The van der Waals surface area contributed by atoms with Gasteiger partial charge in [0, 0.05) is 0 Å². The van der Waals surface area contributed by atoms with E-state index in [1.54, 1.807) is 0 Å². The highest BCUT2D eigenvalue weighted by atomic mass is 13.6. The minimum Gasteiger partial charge on any atom is -0.0919 e. The lowest BCUT2D eigenvalue weighted by atomic mass is 10.4. The Morgan fingerprint density at radius 3 is 1.33 bits per heavy atom. The van der Waals surface area contributed by atoms with Crippen LogP contribution in [0.2, 0.25) is 0 Å². The first-order chi connectivity index (χ1) is 4.33. The quantitative estimate of drug-likeness (QED) is 0.471. The van der Waals surface area contributed by atoms with Crippen LogP contribution >= 0.6 is 0 Å². The van der Waals surface area contributed by atoms with Gasteiger partial charge in [0.2, 0.25) is 0 Å². The molecule has 0 fully saturated rings. The van der Waals surface area contributed by atoms with Gasteiger partial charge in [-0.25, -0.2) is 0 Å². The summed E-state index contributed by atoms with van der Waals surface area (Å²) in [6, 6.07) is 0. The van der Waals surface area contributed by atoms with Crippen LogP contribution in [0.5, 0.6) is 0 Å². The van der Waals surface area contributed by atoms with Crippen LogP contribution < -0.4 is 0 Å². The molecule has 0 heteroatoms. The van der Waals surface area contributed by atoms with E-state index in [2.05, 4.69) is 19.1 Å². The van der Waals surface area contributed by atoms with E-state index in [0.717, 1.165) is 6.42 Å². The number of allylic oxidation sites excluding steroid dienone is 4. The van der Waals surface area contributed by atoms with Gasteiger partial charge in [-0.05, 0) is 27.2 Å². The Kier molecular flexibility index (Phi) is 19.6. The summed E-state index contributed by atoms with van der Waals surface area (Å²) >= 11 is 0. The highest BCUT2D eigenvalue weighted by molar-refractivity contribution is 4.73. The van der Waals surface area contributed by atoms with Crippen molar-refractivity contribution in [2.24, 2.45) is 0 Å². The molecule has 0 atom stereocenters. The molecule has 0 heterocycles. The van der Waals surface area contributed by atoms with E-state index < -0.39 is 0 Å². The molecule has 0 saturated heterocycles. The minimum absolute atomic E-state index is 1.16. The van der Waals surface area contributed by atoms with E-state index in [-0.39, 0.29) is 0 Å². The molecule has 0 aromatic heterocycles. The van der Waals surface area contributed by atoms with Crippen molar-refractivity contribution in [2.75, 3.05) is 0 Å². The Morgan fingerprint density at radius 2 is 1.33 bits per heavy atom. The van der Waals surface area contributed by atoms with Gasteiger partial charge in [-0.2, -0.15) is 0 Å². The smallest absolute Gasteiger partial charge is 0.0379 e. The fourth-order valence-electron chi connectivity index (χ4n) is 0.236. The second-order valence-electron chi connectivity index (χ2n) is 1.64. The topological polar surface area (TPSA) is 0 Å². The van der Waals surface area contributed by atoms with Crippen LogP contribution in [0.3, 0.4) is 0 Å². The fourth-order valence-corrected chi connectivity index (χ4v) is 0.236. The van der Waals surface area contributed by atoms with Crippen molar-refractivity contribution in [3.05, 3.63) is 24.3 Å². The average Bonchev–Trinajstić information content (AvgIpc) is 1.91. The molecule has 0 N–H and O–H groups in total. The zero-order valence-corrected chi connectivity index (χ0v) is 7.02. The van der Waals surface area contributed by atoms with Gasteiger partial charge in [-0.1, -0.05) is 31.2 Å². The van der Waals surface area contributed by atoms with Gasteiger partial charge in [-0.3, -0.25) is 0 Å². The zero-order valence-electron chi connectivity index (χ0n) is 7.02. The van der Waals surface area contributed by atoms with Gasteiger partial charge in [-0.15, -0.1) is 0 Å². The molecular weight excluding hydrogens is 108 g/mol. The molecule has 0 unspecified atom stereocenters. The lowest BCUT2D eigenvalue weighted by Gasteiger charge is -1.65. The maximum Gasteiger partial charge on any atom is -0.0379 e. The van der Waals surface area contributed by atoms with E-state index >= 15 is 0 Å². The summed E-state index contributed by atoms with van der Waals surface area (Å²) in [5.74, 6) is 0. The molecule has 0 rings (SSSR count). The van der Waals surface area contributed by atoms with E-state index in [0.29, 0.717) is 0 Å². The molecule has 0 bridgehead atoms. The monoisotopic (exact) mass is 126 g/mol. The van der Waals surface area contributed by atoms with Crippen LogP contribution in [-0.2, 0) is 0 Å². The van der Waals surface area contributed by atoms with Crippen molar-refractivity contribution in [1.82, 2.24) is 0 Å². The second kappa shape index (κ2) is 15.6. The SMILES string of the molecule is C/C=C/C.C/C=C\CC. The van der Waals surface area contributed by atoms with Crippen molar-refractivity contribution in [1.29, 1.82) is 0 Å². The third-order valence-electron chi connectivity index (χ3n) is 0.805. The van der Waals surface area contributed by atoms with Crippen LogP contribution in [-0.4, -0.2) is 0 Å². The summed E-state index contributed by atoms with van der Waals surface area (Å²) in [6.07, 6.45) is 9.34. The molecular formula is C9H18. The van der Waals surface area contributed by atoms with Crippen LogP contribution in [0.1, 0.15) is 34.1 Å². The maximum absolute atomic E-state index is 2.12. The molecule has 0 radical (unpaired) electrons. The molecule has 9 heavy (non-hydrogen) atoms. The Balaban J connectivity index is 0. The predicted molar refractivity (Wildman–Crippen MR) is 45.6 cm³/mol. The predicted octanol–water partition coefficient (Wildman–Crippen LogP) is 3.55. The number of rotatable bonds is 1. The van der Waals surface area contributed by atoms with Crippen LogP contribution in [0.4, 0.5) is 0 Å². The summed E-state index contributed by atoms with van der Waals surface area (Å²) < 4.78 is 0. The van der Waals surface area contributed by atoms with Gasteiger partial charge in [0.1, 0.15) is 0 Å². The number of hydrogen-bond donors (Lipinski definition) is 0. The summed E-state index contributed by atoms with van der Waals surface area (Å²) in [5, 5.41) is 0. The zero-order chi connectivity index (χ0) is 7.54. The fraction of sp³-hybridized carbons (Fsp3) is 0.556. The largest absolute Gasteiger partial charge is 0.0919 e. The molecule has 0 spiro atoms. The van der Waals surface area contributed by atoms with Crippen molar-refractivity contribution in [3.8, 4) is 0 Å². The normalized spacial score (nSPS) is 9.78. The Labute approximate surface area is 59.3 Å². The van der Waals surface area contributed by atoms with Crippen LogP contribution in [0.25, 0.3) is 0 Å². The highest BCUT2D eigenvalue weighted by Gasteiger charge is 1.52. The summed E-state index contributed by atoms with van der Waals surface area (Å²) in [5.41, 5.74) is 0. The molecule has 54 valence electrons. The first-order valence-corrected chi connectivity index (χ1v) is 3.51. The van der Waals surface area contributed by atoms with Crippen molar-refractivity contribution in [3.63, 3.8) is 0 Å². The molecule has 0 aliphatic rings. The Hall–Kier alpha value is -0.520. The molecule has 0 nitrogen and oxygen atoms in total. The van der Waals surface area contributed by atoms with Gasteiger partial charge in [0.05, 0.1) is 0 Å². The van der Waals surface area contributed by atoms with E-state index in [1.807, 2.05) is 32.9 Å². The molecule has 0 amide bonds. The molecule has 0 saturated carbocycles. The van der Waals surface area contributed by atoms with E-state index in [9.17, 15) is 0 Å². The van der Waals surface area contributed by atoms with Crippen LogP contribution in [0, 0.1) is 0 Å². The third kappa shape index (κ3) is 36.5. The van der Waals surface area contributed by atoms with Crippen LogP contribution in [0.15, 0.2) is 24.3 Å². The summed E-state index contributed by atoms with van der Waals surface area (Å²) in [4.78, 5) is 0. The van der Waals surface area contributed by atoms with Gasteiger partial charge >= 0.3 is 0 Å². The lowest BCUT2D eigenvalue weighted by molar-refractivity contribution is 1.22. The molecule has 0 aliphatic heterocycles. The van der Waals surface area contributed by atoms with Crippen molar-refractivity contribution < 1.29 is 0 Å². The summed E-state index contributed by atoms with van der Waals surface area (Å²) in [7, 11) is 0. The molecule has 0 aromatic carbocycles. The molecule has 0 aliphatic carbocycles. The van der Waals surface area contributed by atoms with E-state index in [4.69, 9.17) is 0 Å². The first kappa shape index (κ1) is 11.3. The average molecular weight is 126 g/mol. The Bertz CT molecular complexity index is 64.1. The van der Waals surface area contributed by atoms with Gasteiger partial charge in [0.15, 0.2) is 0 Å². The lowest BCUT2D eigenvalue weighted by Crippen LogP contribution is -1.43. The maximum atomic E-state index is 2.12. The van der Waals surface area contributed by atoms with Crippen molar-refractivity contribution >= 4 is 0 Å². The third-order valence-corrected chi connectivity index (χ3v) is 0.805. The Morgan fingerprint density at radius 1 is 0.889 bits per heavy atom. The highest BCUT2D eigenvalue weighted by Crippen LogP contribution is 1.73. The number of hydrogen-bond acceptors (Lipinski definition) is 0.